The minimum Gasteiger partial charge on any atom is -0.381 e. The molecule has 1 aromatic carbocycles. The van der Waals surface area contributed by atoms with Gasteiger partial charge in [-0.25, -0.2) is 0 Å². The van der Waals surface area contributed by atoms with E-state index >= 15 is 0 Å². The largest absolute Gasteiger partial charge is 0.381 e. The highest BCUT2D eigenvalue weighted by Gasteiger charge is 2.25. The lowest BCUT2D eigenvalue weighted by atomic mass is 9.82. The smallest absolute Gasteiger partial charge is 0.0648 e. The molecule has 1 fully saturated rings. The van der Waals surface area contributed by atoms with Crippen LogP contribution in [0.15, 0.2) is 18.2 Å². The number of hydrogen-bond acceptors (Lipinski definition) is 1. The number of benzene rings is 1. The van der Waals surface area contributed by atoms with E-state index in [-0.39, 0.29) is 0 Å². The summed E-state index contributed by atoms with van der Waals surface area (Å²) in [6, 6.07) is 6.76. The molecule has 0 amide bonds. The van der Waals surface area contributed by atoms with E-state index in [4.69, 9.17) is 11.6 Å². The van der Waals surface area contributed by atoms with Crippen molar-refractivity contribution in [2.75, 3.05) is 5.32 Å². The van der Waals surface area contributed by atoms with Gasteiger partial charge in [0.05, 0.1) is 10.7 Å². The van der Waals surface area contributed by atoms with E-state index < -0.39 is 0 Å². The zero-order valence-corrected chi connectivity index (χ0v) is 11.0. The fourth-order valence-corrected chi connectivity index (χ4v) is 2.76. The standard InChI is InChI=1S/C11H13ClIN/c1-7-4-9(5-7)14-11-3-2-8(13)6-10(11)12/h2-3,6-7,9,14H,4-5H2,1H3. The molecule has 1 aromatic rings. The summed E-state index contributed by atoms with van der Waals surface area (Å²) < 4.78 is 1.18. The van der Waals surface area contributed by atoms with Crippen LogP contribution in [0.2, 0.25) is 5.02 Å². The first-order valence-corrected chi connectivity index (χ1v) is 6.32. The molecule has 0 heterocycles. The Balaban J connectivity index is 2.02. The van der Waals surface area contributed by atoms with Gasteiger partial charge in [0.1, 0.15) is 0 Å². The molecule has 3 heteroatoms. The van der Waals surface area contributed by atoms with Crippen molar-refractivity contribution in [3.05, 3.63) is 26.8 Å². The van der Waals surface area contributed by atoms with Gasteiger partial charge in [-0.15, -0.1) is 0 Å². The van der Waals surface area contributed by atoms with Crippen molar-refractivity contribution < 1.29 is 0 Å². The Labute approximate surface area is 103 Å². The van der Waals surface area contributed by atoms with E-state index in [0.29, 0.717) is 6.04 Å². The Bertz CT molecular complexity index is 334. The molecule has 1 N–H and O–H groups in total. The highest BCUT2D eigenvalue weighted by atomic mass is 127. The van der Waals surface area contributed by atoms with Gasteiger partial charge >= 0.3 is 0 Å². The van der Waals surface area contributed by atoms with Gasteiger partial charge in [-0.05, 0) is 59.5 Å². The maximum absolute atomic E-state index is 6.12. The van der Waals surface area contributed by atoms with E-state index in [9.17, 15) is 0 Å². The van der Waals surface area contributed by atoms with E-state index in [2.05, 4.69) is 47.0 Å². The third-order valence-electron chi connectivity index (χ3n) is 2.66. The molecular formula is C11H13ClIN. The molecule has 0 radical (unpaired) electrons. The second kappa shape index (κ2) is 4.27. The van der Waals surface area contributed by atoms with Crippen molar-refractivity contribution in [1.82, 2.24) is 0 Å². The normalized spacial score (nSPS) is 25.6. The van der Waals surface area contributed by atoms with Gasteiger partial charge in [-0.1, -0.05) is 18.5 Å². The van der Waals surface area contributed by atoms with E-state index in [1.807, 2.05) is 6.07 Å². The molecule has 0 bridgehead atoms. The minimum absolute atomic E-state index is 0.627. The van der Waals surface area contributed by atoms with Gasteiger partial charge in [-0.2, -0.15) is 0 Å². The number of hydrogen-bond donors (Lipinski definition) is 1. The molecule has 0 saturated heterocycles. The maximum atomic E-state index is 6.12. The van der Waals surface area contributed by atoms with Crippen LogP contribution in [-0.2, 0) is 0 Å². The van der Waals surface area contributed by atoms with Crippen LogP contribution in [0.25, 0.3) is 0 Å². The zero-order chi connectivity index (χ0) is 10.1. The van der Waals surface area contributed by atoms with Crippen LogP contribution in [0, 0.1) is 9.49 Å². The highest BCUT2D eigenvalue weighted by Crippen LogP contribution is 2.32. The zero-order valence-electron chi connectivity index (χ0n) is 8.06. The van der Waals surface area contributed by atoms with Gasteiger partial charge in [0.25, 0.3) is 0 Å². The summed E-state index contributed by atoms with van der Waals surface area (Å²) in [6.45, 7) is 2.29. The van der Waals surface area contributed by atoms with Crippen molar-refractivity contribution >= 4 is 39.9 Å². The second-order valence-corrected chi connectivity index (χ2v) is 5.69. The van der Waals surface area contributed by atoms with Crippen LogP contribution in [0.3, 0.4) is 0 Å². The summed E-state index contributed by atoms with van der Waals surface area (Å²) in [4.78, 5) is 0. The molecule has 1 aliphatic carbocycles. The topological polar surface area (TPSA) is 12.0 Å². The molecule has 1 saturated carbocycles. The maximum Gasteiger partial charge on any atom is 0.0648 e. The molecule has 0 aromatic heterocycles. The molecule has 1 aliphatic rings. The van der Waals surface area contributed by atoms with Crippen LogP contribution in [-0.4, -0.2) is 6.04 Å². The second-order valence-electron chi connectivity index (χ2n) is 4.04. The number of rotatable bonds is 2. The van der Waals surface area contributed by atoms with E-state index in [1.54, 1.807) is 0 Å². The average Bonchev–Trinajstić information content (AvgIpc) is 2.06. The Morgan fingerprint density at radius 1 is 1.43 bits per heavy atom. The van der Waals surface area contributed by atoms with Crippen LogP contribution >= 0.6 is 34.2 Å². The SMILES string of the molecule is CC1CC(Nc2ccc(I)cc2Cl)C1. The first-order chi connectivity index (χ1) is 6.65. The highest BCUT2D eigenvalue weighted by molar-refractivity contribution is 14.1. The minimum atomic E-state index is 0.627. The lowest BCUT2D eigenvalue weighted by Gasteiger charge is -2.34. The molecule has 1 nitrogen and oxygen atoms in total. The Morgan fingerprint density at radius 3 is 2.71 bits per heavy atom. The number of halogens is 2. The third-order valence-corrected chi connectivity index (χ3v) is 3.65. The van der Waals surface area contributed by atoms with Gasteiger partial charge in [0.2, 0.25) is 0 Å². The molecule has 0 atom stereocenters. The fourth-order valence-electron chi connectivity index (χ4n) is 1.85. The molecular weight excluding hydrogens is 308 g/mol. The van der Waals surface area contributed by atoms with Crippen molar-refractivity contribution in [2.24, 2.45) is 5.92 Å². The predicted octanol–water partition coefficient (Wildman–Crippen LogP) is 4.16. The lowest BCUT2D eigenvalue weighted by Crippen LogP contribution is -2.33. The summed E-state index contributed by atoms with van der Waals surface area (Å²) in [5, 5.41) is 4.30. The molecule has 14 heavy (non-hydrogen) atoms. The summed E-state index contributed by atoms with van der Waals surface area (Å²) in [5.41, 5.74) is 1.07. The van der Waals surface area contributed by atoms with Crippen molar-refractivity contribution in [1.29, 1.82) is 0 Å². The van der Waals surface area contributed by atoms with Crippen LogP contribution in [0.5, 0.6) is 0 Å². The monoisotopic (exact) mass is 321 g/mol. The van der Waals surface area contributed by atoms with Crippen molar-refractivity contribution in [3.8, 4) is 0 Å². The lowest BCUT2D eigenvalue weighted by molar-refractivity contribution is 0.309. The predicted molar refractivity (Wildman–Crippen MR) is 70.0 cm³/mol. The molecule has 0 aliphatic heterocycles. The van der Waals surface area contributed by atoms with Gasteiger partial charge in [-0.3, -0.25) is 0 Å². The number of anilines is 1. The van der Waals surface area contributed by atoms with Gasteiger partial charge in [0, 0.05) is 9.61 Å². The van der Waals surface area contributed by atoms with Crippen LogP contribution in [0.4, 0.5) is 5.69 Å². The third kappa shape index (κ3) is 2.34. The van der Waals surface area contributed by atoms with Crippen molar-refractivity contribution in [2.45, 2.75) is 25.8 Å². The summed E-state index contributed by atoms with van der Waals surface area (Å²) >= 11 is 8.39. The molecule has 76 valence electrons. The summed E-state index contributed by atoms with van der Waals surface area (Å²) in [7, 11) is 0. The summed E-state index contributed by atoms with van der Waals surface area (Å²) in [5.74, 6) is 0.870. The van der Waals surface area contributed by atoms with Gasteiger partial charge in [0.15, 0.2) is 0 Å². The first-order valence-electron chi connectivity index (χ1n) is 4.87. The van der Waals surface area contributed by atoms with E-state index in [0.717, 1.165) is 16.6 Å². The Morgan fingerprint density at radius 2 is 2.14 bits per heavy atom. The molecule has 2 rings (SSSR count). The molecule has 0 unspecified atom stereocenters. The number of nitrogens with one attached hydrogen (secondary N) is 1. The fraction of sp³-hybridized carbons (Fsp3) is 0.455. The van der Waals surface area contributed by atoms with E-state index in [1.165, 1.54) is 16.4 Å². The quantitative estimate of drug-likeness (QED) is 0.807. The van der Waals surface area contributed by atoms with Crippen LogP contribution in [0.1, 0.15) is 19.8 Å². The molecule has 0 spiro atoms. The van der Waals surface area contributed by atoms with Gasteiger partial charge < -0.3 is 5.32 Å². The van der Waals surface area contributed by atoms with Crippen LogP contribution < -0.4 is 5.32 Å². The Hall–Kier alpha value is 0.0400. The Kier molecular flexibility index (Phi) is 3.22. The first kappa shape index (κ1) is 10.6. The summed E-state index contributed by atoms with van der Waals surface area (Å²) in [6.07, 6.45) is 2.53. The van der Waals surface area contributed by atoms with Crippen molar-refractivity contribution in [3.63, 3.8) is 0 Å². The average molecular weight is 322 g/mol.